The number of hydrogen-bond acceptors (Lipinski definition) is 4. The molecule has 0 saturated heterocycles. The molecule has 0 aliphatic heterocycles. The van der Waals surface area contributed by atoms with Gasteiger partial charge in [-0.3, -0.25) is 0 Å². The summed E-state index contributed by atoms with van der Waals surface area (Å²) in [5.74, 6) is 1.94. The molecule has 0 aromatic carbocycles. The van der Waals surface area contributed by atoms with E-state index in [1.54, 1.807) is 14.2 Å². The molecule has 124 valence electrons. The minimum atomic E-state index is 0.529. The van der Waals surface area contributed by atoms with Crippen molar-refractivity contribution in [2.24, 2.45) is 17.3 Å². The number of hydrogen-bond donors (Lipinski definition) is 1. The molecule has 2 bridgehead atoms. The average Bonchev–Trinajstić information content (AvgIpc) is 3.09. The summed E-state index contributed by atoms with van der Waals surface area (Å²) in [7, 11) is 3.49. The maximum atomic E-state index is 5.64. The normalized spacial score (nSPS) is 31.1. The van der Waals surface area contributed by atoms with Crippen molar-refractivity contribution in [2.75, 3.05) is 53.7 Å². The van der Waals surface area contributed by atoms with Crippen molar-refractivity contribution in [1.82, 2.24) is 5.32 Å². The highest BCUT2D eigenvalue weighted by Crippen LogP contribution is 2.57. The van der Waals surface area contributed by atoms with Gasteiger partial charge in [0.1, 0.15) is 0 Å². The van der Waals surface area contributed by atoms with Gasteiger partial charge in [0.05, 0.1) is 19.8 Å². The lowest BCUT2D eigenvalue weighted by molar-refractivity contribution is 0.0563. The Morgan fingerprint density at radius 1 is 1.05 bits per heavy atom. The number of rotatable bonds is 12. The quantitative estimate of drug-likeness (QED) is 0.562. The Labute approximate surface area is 129 Å². The van der Waals surface area contributed by atoms with Crippen LogP contribution in [0.2, 0.25) is 0 Å². The van der Waals surface area contributed by atoms with Gasteiger partial charge in [0.2, 0.25) is 0 Å². The summed E-state index contributed by atoms with van der Waals surface area (Å²) in [6.45, 7) is 5.25. The predicted molar refractivity (Wildman–Crippen MR) is 84.6 cm³/mol. The molecule has 3 unspecified atom stereocenters. The largest absolute Gasteiger partial charge is 0.383 e. The molecule has 0 aromatic rings. The zero-order valence-corrected chi connectivity index (χ0v) is 13.9. The fourth-order valence-corrected chi connectivity index (χ4v) is 4.45. The lowest BCUT2D eigenvalue weighted by Gasteiger charge is -2.38. The fourth-order valence-electron chi connectivity index (χ4n) is 4.45. The van der Waals surface area contributed by atoms with E-state index in [1.807, 2.05) is 0 Å². The monoisotopic (exact) mass is 299 g/mol. The van der Waals surface area contributed by atoms with Crippen molar-refractivity contribution < 1.29 is 14.2 Å². The van der Waals surface area contributed by atoms with Gasteiger partial charge in [0.25, 0.3) is 0 Å². The lowest BCUT2D eigenvalue weighted by Crippen LogP contribution is -2.40. The Balaban J connectivity index is 1.71. The van der Waals surface area contributed by atoms with Gasteiger partial charge in [-0.25, -0.2) is 0 Å². The summed E-state index contributed by atoms with van der Waals surface area (Å²) in [6.07, 6.45) is 8.29. The van der Waals surface area contributed by atoms with Crippen LogP contribution >= 0.6 is 0 Å². The van der Waals surface area contributed by atoms with E-state index in [1.165, 1.54) is 38.5 Å². The Morgan fingerprint density at radius 3 is 2.57 bits per heavy atom. The molecule has 2 aliphatic rings. The molecule has 2 aliphatic carbocycles. The van der Waals surface area contributed by atoms with Gasteiger partial charge in [-0.1, -0.05) is 6.42 Å². The first-order valence-corrected chi connectivity index (χ1v) is 8.57. The third-order valence-electron chi connectivity index (χ3n) is 5.46. The molecule has 0 heterocycles. The number of methoxy groups -OCH3 is 2. The van der Waals surface area contributed by atoms with Gasteiger partial charge in [-0.2, -0.15) is 0 Å². The lowest BCUT2D eigenvalue weighted by atomic mass is 9.70. The minimum absolute atomic E-state index is 0.529. The molecule has 0 amide bonds. The van der Waals surface area contributed by atoms with Gasteiger partial charge >= 0.3 is 0 Å². The fraction of sp³-hybridized carbons (Fsp3) is 1.00. The molecule has 21 heavy (non-hydrogen) atoms. The first-order chi connectivity index (χ1) is 10.3. The molecule has 0 radical (unpaired) electrons. The summed E-state index contributed by atoms with van der Waals surface area (Å²) < 4.78 is 15.8. The molecule has 0 spiro atoms. The third kappa shape index (κ3) is 4.92. The molecular formula is C17H33NO3. The van der Waals surface area contributed by atoms with Crippen molar-refractivity contribution in [3.63, 3.8) is 0 Å². The summed E-state index contributed by atoms with van der Waals surface area (Å²) in [5, 5.41) is 3.63. The van der Waals surface area contributed by atoms with E-state index in [0.717, 1.165) is 44.7 Å². The molecule has 0 aromatic heterocycles. The highest BCUT2D eigenvalue weighted by molar-refractivity contribution is 5.01. The van der Waals surface area contributed by atoms with Gasteiger partial charge in [0, 0.05) is 33.9 Å². The van der Waals surface area contributed by atoms with E-state index in [-0.39, 0.29) is 0 Å². The zero-order chi connectivity index (χ0) is 15.0. The topological polar surface area (TPSA) is 39.7 Å². The molecule has 3 atom stereocenters. The Kier molecular flexibility index (Phi) is 7.44. The number of ether oxygens (including phenoxy) is 3. The molecule has 2 rings (SSSR count). The number of nitrogens with one attached hydrogen (secondary N) is 1. The first kappa shape index (κ1) is 17.2. The van der Waals surface area contributed by atoms with Crippen LogP contribution in [0.5, 0.6) is 0 Å². The van der Waals surface area contributed by atoms with E-state index in [9.17, 15) is 0 Å². The summed E-state index contributed by atoms with van der Waals surface area (Å²) in [4.78, 5) is 0. The Hall–Kier alpha value is -0.160. The Morgan fingerprint density at radius 2 is 1.90 bits per heavy atom. The summed E-state index contributed by atoms with van der Waals surface area (Å²) in [6, 6.07) is 0. The standard InChI is InChI=1S/C17H33NO3/c1-19-9-7-18-14-17(6-3-8-21-11-10-20-2)13-15-4-5-16(17)12-15/h15-16,18H,3-14H2,1-2H3. The zero-order valence-electron chi connectivity index (χ0n) is 13.9. The number of fused-ring (bicyclic) bond motifs is 2. The van der Waals surface area contributed by atoms with Crippen LogP contribution in [0.4, 0.5) is 0 Å². The van der Waals surface area contributed by atoms with Crippen LogP contribution in [0.15, 0.2) is 0 Å². The highest BCUT2D eigenvalue weighted by atomic mass is 16.5. The van der Waals surface area contributed by atoms with Gasteiger partial charge in [-0.15, -0.1) is 0 Å². The van der Waals surface area contributed by atoms with E-state index >= 15 is 0 Å². The van der Waals surface area contributed by atoms with Crippen molar-refractivity contribution in [2.45, 2.75) is 38.5 Å². The highest BCUT2D eigenvalue weighted by Gasteiger charge is 2.49. The van der Waals surface area contributed by atoms with Crippen LogP contribution < -0.4 is 5.32 Å². The van der Waals surface area contributed by atoms with Gasteiger partial charge in [-0.05, 0) is 49.4 Å². The van der Waals surface area contributed by atoms with Crippen LogP contribution in [0.3, 0.4) is 0 Å². The molecule has 2 saturated carbocycles. The van der Waals surface area contributed by atoms with Crippen molar-refractivity contribution >= 4 is 0 Å². The average molecular weight is 299 g/mol. The van der Waals surface area contributed by atoms with Crippen LogP contribution in [0.25, 0.3) is 0 Å². The predicted octanol–water partition coefficient (Wildman–Crippen LogP) is 2.47. The van der Waals surface area contributed by atoms with E-state index in [4.69, 9.17) is 14.2 Å². The van der Waals surface area contributed by atoms with E-state index in [0.29, 0.717) is 12.0 Å². The van der Waals surface area contributed by atoms with Gasteiger partial charge in [0.15, 0.2) is 0 Å². The maximum absolute atomic E-state index is 5.64. The minimum Gasteiger partial charge on any atom is -0.383 e. The second-order valence-corrected chi connectivity index (χ2v) is 6.82. The van der Waals surface area contributed by atoms with Crippen LogP contribution in [0.1, 0.15) is 38.5 Å². The van der Waals surface area contributed by atoms with E-state index < -0.39 is 0 Å². The maximum Gasteiger partial charge on any atom is 0.0700 e. The summed E-state index contributed by atoms with van der Waals surface area (Å²) >= 11 is 0. The van der Waals surface area contributed by atoms with Crippen LogP contribution in [-0.2, 0) is 14.2 Å². The smallest absolute Gasteiger partial charge is 0.0700 e. The second kappa shape index (κ2) is 9.09. The van der Waals surface area contributed by atoms with E-state index in [2.05, 4.69) is 5.32 Å². The van der Waals surface area contributed by atoms with Crippen LogP contribution in [0, 0.1) is 17.3 Å². The third-order valence-corrected chi connectivity index (χ3v) is 5.46. The summed E-state index contributed by atoms with van der Waals surface area (Å²) in [5.41, 5.74) is 0.529. The SMILES string of the molecule is COCCNCC1(CCCOCCOC)CC2CCC1C2. The molecular weight excluding hydrogens is 266 g/mol. The molecule has 4 nitrogen and oxygen atoms in total. The molecule has 4 heteroatoms. The molecule has 1 N–H and O–H groups in total. The van der Waals surface area contributed by atoms with Gasteiger partial charge < -0.3 is 19.5 Å². The van der Waals surface area contributed by atoms with Crippen LogP contribution in [-0.4, -0.2) is 53.7 Å². The molecule has 2 fully saturated rings. The first-order valence-electron chi connectivity index (χ1n) is 8.57. The van der Waals surface area contributed by atoms with Crippen molar-refractivity contribution in [3.8, 4) is 0 Å². The Bertz CT molecular complexity index is 287. The van der Waals surface area contributed by atoms with Crippen molar-refractivity contribution in [1.29, 1.82) is 0 Å². The second-order valence-electron chi connectivity index (χ2n) is 6.82. The van der Waals surface area contributed by atoms with Crippen molar-refractivity contribution in [3.05, 3.63) is 0 Å².